The minimum Gasteiger partial charge on any atom is -0.383 e. The van der Waals surface area contributed by atoms with Gasteiger partial charge in [-0.2, -0.15) is 0 Å². The van der Waals surface area contributed by atoms with Crippen molar-refractivity contribution in [1.82, 2.24) is 9.88 Å². The van der Waals surface area contributed by atoms with E-state index in [0.717, 1.165) is 11.1 Å². The number of hydrogen-bond donors (Lipinski definition) is 0. The molecular weight excluding hydrogens is 148 g/mol. The summed E-state index contributed by atoms with van der Waals surface area (Å²) in [5.74, 6) is 0. The molecule has 0 unspecified atom stereocenters. The summed E-state index contributed by atoms with van der Waals surface area (Å²) in [5.41, 5.74) is 2.11. The van der Waals surface area contributed by atoms with Gasteiger partial charge in [0.1, 0.15) is 0 Å². The fourth-order valence-electron chi connectivity index (χ4n) is 0.952. The van der Waals surface area contributed by atoms with Crippen LogP contribution in [-0.2, 0) is 0 Å². The van der Waals surface area contributed by atoms with Crippen molar-refractivity contribution in [1.29, 1.82) is 0 Å². The molecule has 1 heterocycles. The number of rotatable bonds is 2. The van der Waals surface area contributed by atoms with E-state index in [1.54, 1.807) is 12.4 Å². The summed E-state index contributed by atoms with van der Waals surface area (Å²) in [4.78, 5) is 5.91. The van der Waals surface area contributed by atoms with Crippen LogP contribution in [-0.4, -0.2) is 24.0 Å². The predicted molar refractivity (Wildman–Crippen MR) is 51.3 cm³/mol. The molecule has 0 aliphatic heterocycles. The zero-order valence-electron chi connectivity index (χ0n) is 7.49. The first-order valence-corrected chi connectivity index (χ1v) is 3.81. The van der Waals surface area contributed by atoms with E-state index in [-0.39, 0.29) is 0 Å². The molecule has 63 valence electrons. The topological polar surface area (TPSA) is 16.1 Å². The minimum absolute atomic E-state index is 1.00. The van der Waals surface area contributed by atoms with Crippen LogP contribution < -0.4 is 0 Å². The van der Waals surface area contributed by atoms with Crippen LogP contribution in [0.1, 0.15) is 5.56 Å². The molecule has 0 fully saturated rings. The Bertz CT molecular complexity index is 262. The highest BCUT2D eigenvalue weighted by Crippen LogP contribution is 2.10. The van der Waals surface area contributed by atoms with E-state index >= 15 is 0 Å². The standard InChI is InChI=1S/C10H13N2/c1-9(8-12(2)3)10-4-6-11-7-5-10/h4-8H,1H2,2-3H3. The smallest absolute Gasteiger partial charge is 0.0273 e. The fraction of sp³-hybridized carbons (Fsp3) is 0.200. The van der Waals surface area contributed by atoms with Gasteiger partial charge in [0.2, 0.25) is 0 Å². The molecule has 1 rings (SSSR count). The lowest BCUT2D eigenvalue weighted by atomic mass is 10.1. The molecule has 0 aromatic carbocycles. The van der Waals surface area contributed by atoms with Gasteiger partial charge >= 0.3 is 0 Å². The summed E-state index contributed by atoms with van der Waals surface area (Å²) in [5, 5.41) is 0. The van der Waals surface area contributed by atoms with Crippen molar-refractivity contribution in [3.63, 3.8) is 0 Å². The Kier molecular flexibility index (Phi) is 2.86. The molecule has 0 atom stereocenters. The van der Waals surface area contributed by atoms with Crippen LogP contribution in [0.4, 0.5) is 0 Å². The summed E-state index contributed by atoms with van der Waals surface area (Å²) >= 11 is 0. The van der Waals surface area contributed by atoms with Gasteiger partial charge in [-0.1, -0.05) is 0 Å². The maximum absolute atomic E-state index is 3.94. The number of hydrogen-bond acceptors (Lipinski definition) is 2. The molecule has 0 N–H and O–H groups in total. The highest BCUT2D eigenvalue weighted by Gasteiger charge is 1.93. The van der Waals surface area contributed by atoms with Crippen LogP contribution in [0.25, 0.3) is 5.57 Å². The summed E-state index contributed by atoms with van der Waals surface area (Å²) in [7, 11) is 3.96. The molecule has 0 bridgehead atoms. The Hall–Kier alpha value is -1.31. The third-order valence-electron chi connectivity index (χ3n) is 1.47. The van der Waals surface area contributed by atoms with E-state index < -0.39 is 0 Å². The lowest BCUT2D eigenvalue weighted by Gasteiger charge is -2.07. The van der Waals surface area contributed by atoms with Gasteiger partial charge in [0.05, 0.1) is 0 Å². The summed E-state index contributed by atoms with van der Waals surface area (Å²) < 4.78 is 0. The summed E-state index contributed by atoms with van der Waals surface area (Å²) in [6, 6.07) is 3.89. The van der Waals surface area contributed by atoms with E-state index in [0.29, 0.717) is 0 Å². The molecule has 1 radical (unpaired) electrons. The largest absolute Gasteiger partial charge is 0.383 e. The summed E-state index contributed by atoms with van der Waals surface area (Å²) in [6.07, 6.45) is 5.52. The molecule has 0 saturated heterocycles. The summed E-state index contributed by atoms with van der Waals surface area (Å²) in [6.45, 7) is 3.94. The highest BCUT2D eigenvalue weighted by atomic mass is 15.0. The van der Waals surface area contributed by atoms with Crippen molar-refractivity contribution >= 4 is 5.57 Å². The van der Waals surface area contributed by atoms with E-state index in [9.17, 15) is 0 Å². The van der Waals surface area contributed by atoms with Crippen molar-refractivity contribution < 1.29 is 0 Å². The lowest BCUT2D eigenvalue weighted by Crippen LogP contribution is -2.01. The monoisotopic (exact) mass is 161 g/mol. The second-order valence-corrected chi connectivity index (χ2v) is 2.85. The molecule has 0 amide bonds. The van der Waals surface area contributed by atoms with E-state index in [4.69, 9.17) is 0 Å². The third kappa shape index (κ3) is 2.38. The second-order valence-electron chi connectivity index (χ2n) is 2.85. The van der Waals surface area contributed by atoms with Crippen LogP contribution in [0.3, 0.4) is 0 Å². The lowest BCUT2D eigenvalue weighted by molar-refractivity contribution is 0.566. The average molecular weight is 161 g/mol. The van der Waals surface area contributed by atoms with E-state index in [1.165, 1.54) is 0 Å². The maximum Gasteiger partial charge on any atom is 0.0273 e. The van der Waals surface area contributed by atoms with Gasteiger partial charge in [-0.15, -0.1) is 0 Å². The van der Waals surface area contributed by atoms with Gasteiger partial charge in [0.25, 0.3) is 0 Å². The van der Waals surface area contributed by atoms with E-state index in [1.807, 2.05) is 37.3 Å². The van der Waals surface area contributed by atoms with Crippen molar-refractivity contribution in [2.45, 2.75) is 0 Å². The Morgan fingerprint density at radius 1 is 1.42 bits per heavy atom. The molecule has 2 nitrogen and oxygen atoms in total. The van der Waals surface area contributed by atoms with Crippen LogP contribution >= 0.6 is 0 Å². The Labute approximate surface area is 73.5 Å². The second kappa shape index (κ2) is 3.90. The normalized spacial score (nSPS) is 11.4. The molecule has 0 saturated carbocycles. The van der Waals surface area contributed by atoms with Crippen LogP contribution in [0.5, 0.6) is 0 Å². The van der Waals surface area contributed by atoms with Crippen LogP contribution in [0.2, 0.25) is 0 Å². The Morgan fingerprint density at radius 3 is 2.50 bits per heavy atom. The van der Waals surface area contributed by atoms with Crippen molar-refractivity contribution in [2.75, 3.05) is 14.1 Å². The zero-order valence-corrected chi connectivity index (χ0v) is 7.49. The number of nitrogens with zero attached hydrogens (tertiary/aromatic N) is 2. The van der Waals surface area contributed by atoms with Gasteiger partial charge in [0, 0.05) is 32.7 Å². The van der Waals surface area contributed by atoms with Gasteiger partial charge in [-0.25, -0.2) is 0 Å². The predicted octanol–water partition coefficient (Wildman–Crippen LogP) is 1.82. The maximum atomic E-state index is 3.94. The molecule has 0 aliphatic rings. The Balaban J connectivity index is 2.85. The zero-order chi connectivity index (χ0) is 8.97. The molecule has 1 aromatic rings. The Morgan fingerprint density at radius 2 is 2.00 bits per heavy atom. The first-order valence-electron chi connectivity index (χ1n) is 3.81. The van der Waals surface area contributed by atoms with E-state index in [2.05, 4.69) is 11.9 Å². The molecule has 0 spiro atoms. The minimum atomic E-state index is 1.00. The molecule has 1 aromatic heterocycles. The fourth-order valence-corrected chi connectivity index (χ4v) is 0.952. The van der Waals surface area contributed by atoms with Crippen LogP contribution in [0, 0.1) is 6.92 Å². The van der Waals surface area contributed by atoms with Crippen molar-refractivity contribution in [3.05, 3.63) is 43.2 Å². The molecule has 0 aliphatic carbocycles. The van der Waals surface area contributed by atoms with Gasteiger partial charge in [-0.05, 0) is 30.2 Å². The number of allylic oxidation sites excluding steroid dienone is 1. The quantitative estimate of drug-likeness (QED) is 0.657. The highest BCUT2D eigenvalue weighted by molar-refractivity contribution is 5.67. The van der Waals surface area contributed by atoms with Gasteiger partial charge < -0.3 is 4.90 Å². The van der Waals surface area contributed by atoms with Crippen LogP contribution in [0.15, 0.2) is 30.7 Å². The SMILES string of the molecule is [CH2]C(=CN(C)C)c1ccncc1. The first-order chi connectivity index (χ1) is 5.70. The molecular formula is C10H13N2. The first kappa shape index (κ1) is 8.78. The average Bonchev–Trinajstić information content (AvgIpc) is 2.05. The van der Waals surface area contributed by atoms with Crippen molar-refractivity contribution in [3.8, 4) is 0 Å². The number of pyridine rings is 1. The van der Waals surface area contributed by atoms with Gasteiger partial charge in [-0.3, -0.25) is 4.98 Å². The number of aromatic nitrogens is 1. The van der Waals surface area contributed by atoms with Crippen molar-refractivity contribution in [2.24, 2.45) is 0 Å². The third-order valence-corrected chi connectivity index (χ3v) is 1.47. The molecule has 2 heteroatoms. The molecule has 12 heavy (non-hydrogen) atoms. The van der Waals surface area contributed by atoms with Gasteiger partial charge in [0.15, 0.2) is 0 Å².